The third kappa shape index (κ3) is 3.86. The number of benzene rings is 2. The third-order valence-electron chi connectivity index (χ3n) is 4.12. The normalized spacial score (nSPS) is 14.1. The summed E-state index contributed by atoms with van der Waals surface area (Å²) in [4.78, 5) is 14.0. The number of carbonyl (C=O) groups is 1. The minimum Gasteiger partial charge on any atom is -0.495 e. The maximum Gasteiger partial charge on any atom is 0.258 e. The van der Waals surface area contributed by atoms with Gasteiger partial charge in [-0.1, -0.05) is 0 Å². The third-order valence-corrected chi connectivity index (χ3v) is 5.66. The number of sulfonamides is 1. The molecular formula is C18H19FN2O4S. The quantitative estimate of drug-likeness (QED) is 0.838. The number of hydrogen-bond donors (Lipinski definition) is 1. The molecule has 1 N–H and O–H groups in total. The maximum absolute atomic E-state index is 13.1. The van der Waals surface area contributed by atoms with Crippen LogP contribution in [0.5, 0.6) is 5.75 Å². The zero-order chi connectivity index (χ0) is 18.9. The minimum atomic E-state index is -3.79. The van der Waals surface area contributed by atoms with Crippen molar-refractivity contribution >= 4 is 21.6 Å². The first-order chi connectivity index (χ1) is 12.3. The number of anilines is 1. The van der Waals surface area contributed by atoms with Gasteiger partial charge in [0.1, 0.15) is 16.5 Å². The van der Waals surface area contributed by atoms with E-state index < -0.39 is 21.7 Å². The second kappa shape index (κ2) is 7.05. The first kappa shape index (κ1) is 18.3. The Kier molecular flexibility index (Phi) is 4.97. The van der Waals surface area contributed by atoms with Gasteiger partial charge in [-0.25, -0.2) is 17.5 Å². The van der Waals surface area contributed by atoms with Gasteiger partial charge in [0.25, 0.3) is 5.91 Å². The van der Waals surface area contributed by atoms with Crippen molar-refractivity contribution < 1.29 is 22.3 Å². The number of nitrogens with one attached hydrogen (secondary N) is 1. The molecule has 0 aliphatic heterocycles. The van der Waals surface area contributed by atoms with Crippen LogP contribution in [0.1, 0.15) is 23.2 Å². The lowest BCUT2D eigenvalue weighted by Gasteiger charge is -2.18. The van der Waals surface area contributed by atoms with E-state index in [9.17, 15) is 17.6 Å². The molecule has 0 radical (unpaired) electrons. The van der Waals surface area contributed by atoms with Crippen molar-refractivity contribution in [1.29, 1.82) is 0 Å². The molecule has 8 heteroatoms. The molecule has 0 saturated heterocycles. The lowest BCUT2D eigenvalue weighted by atomic mass is 10.1. The Labute approximate surface area is 151 Å². The van der Waals surface area contributed by atoms with Gasteiger partial charge in [0.05, 0.1) is 7.11 Å². The summed E-state index contributed by atoms with van der Waals surface area (Å²) in [5.74, 6) is -0.653. The van der Waals surface area contributed by atoms with E-state index in [2.05, 4.69) is 4.72 Å². The highest BCUT2D eigenvalue weighted by Gasteiger charge is 2.30. The molecule has 0 spiro atoms. The predicted molar refractivity (Wildman–Crippen MR) is 95.5 cm³/mol. The van der Waals surface area contributed by atoms with Gasteiger partial charge in [0, 0.05) is 24.3 Å². The van der Waals surface area contributed by atoms with Crippen molar-refractivity contribution in [1.82, 2.24) is 4.72 Å². The molecule has 2 aromatic rings. The summed E-state index contributed by atoms with van der Waals surface area (Å²) in [6.45, 7) is 0. The highest BCUT2D eigenvalue weighted by atomic mass is 32.2. The Morgan fingerprint density at radius 2 is 1.85 bits per heavy atom. The molecule has 0 heterocycles. The van der Waals surface area contributed by atoms with Gasteiger partial charge in [-0.2, -0.15) is 0 Å². The van der Waals surface area contributed by atoms with Crippen LogP contribution >= 0.6 is 0 Å². The number of halogens is 1. The first-order valence-corrected chi connectivity index (χ1v) is 9.54. The molecule has 1 amide bonds. The summed E-state index contributed by atoms with van der Waals surface area (Å²) in [6, 6.07) is 9.64. The zero-order valence-corrected chi connectivity index (χ0v) is 15.2. The van der Waals surface area contributed by atoms with Crippen LogP contribution in [0, 0.1) is 5.82 Å². The summed E-state index contributed by atoms with van der Waals surface area (Å²) in [7, 11) is -0.876. The monoisotopic (exact) mass is 378 g/mol. The van der Waals surface area contributed by atoms with E-state index in [4.69, 9.17) is 4.74 Å². The highest BCUT2D eigenvalue weighted by Crippen LogP contribution is 2.29. The molecule has 26 heavy (non-hydrogen) atoms. The van der Waals surface area contributed by atoms with Gasteiger partial charge in [0.2, 0.25) is 10.0 Å². The van der Waals surface area contributed by atoms with Crippen molar-refractivity contribution in [2.75, 3.05) is 19.1 Å². The average Bonchev–Trinajstić information content (AvgIpc) is 3.44. The number of nitrogens with zero attached hydrogens (tertiary/aromatic N) is 1. The average molecular weight is 378 g/mol. The standard InChI is InChI=1S/C18H19FN2O4S/c1-21(15-8-4-13(19)5-9-15)18(22)12-3-10-16(25-2)17(11-12)26(23,24)20-14-6-7-14/h3-5,8-11,14,20H,6-7H2,1-2H3. The number of methoxy groups -OCH3 is 1. The van der Waals surface area contributed by atoms with Gasteiger partial charge >= 0.3 is 0 Å². The van der Waals surface area contributed by atoms with Gasteiger partial charge in [-0.3, -0.25) is 4.79 Å². The van der Waals surface area contributed by atoms with E-state index >= 15 is 0 Å². The van der Waals surface area contributed by atoms with Gasteiger partial charge in [0.15, 0.2) is 0 Å². The summed E-state index contributed by atoms with van der Waals surface area (Å²) < 4.78 is 45.9. The van der Waals surface area contributed by atoms with Crippen molar-refractivity contribution in [3.05, 3.63) is 53.8 Å². The fraction of sp³-hybridized carbons (Fsp3) is 0.278. The van der Waals surface area contributed by atoms with Crippen molar-refractivity contribution in [3.63, 3.8) is 0 Å². The van der Waals surface area contributed by atoms with Gasteiger partial charge in [-0.05, 0) is 55.3 Å². The number of amides is 1. The predicted octanol–water partition coefficient (Wildman–Crippen LogP) is 2.55. The fourth-order valence-corrected chi connectivity index (χ4v) is 3.98. The zero-order valence-electron chi connectivity index (χ0n) is 14.4. The van der Waals surface area contributed by atoms with Crippen molar-refractivity contribution in [3.8, 4) is 5.75 Å². The van der Waals surface area contributed by atoms with Crippen LogP contribution in [-0.2, 0) is 10.0 Å². The molecule has 1 fully saturated rings. The Bertz CT molecular complexity index is 925. The van der Waals surface area contributed by atoms with Gasteiger partial charge in [-0.15, -0.1) is 0 Å². The van der Waals surface area contributed by atoms with E-state index in [0.717, 1.165) is 12.8 Å². The molecule has 6 nitrogen and oxygen atoms in total. The van der Waals surface area contributed by atoms with E-state index in [1.54, 1.807) is 0 Å². The van der Waals surface area contributed by atoms with Gasteiger partial charge < -0.3 is 9.64 Å². The summed E-state index contributed by atoms with van der Waals surface area (Å²) in [6.07, 6.45) is 1.60. The SMILES string of the molecule is COc1ccc(C(=O)N(C)c2ccc(F)cc2)cc1S(=O)(=O)NC1CC1. The molecule has 1 aliphatic rings. The Morgan fingerprint density at radius 3 is 2.42 bits per heavy atom. The molecule has 0 unspecified atom stereocenters. The topological polar surface area (TPSA) is 75.7 Å². The van der Waals surface area contributed by atoms with Crippen LogP contribution < -0.4 is 14.4 Å². The van der Waals surface area contributed by atoms with Crippen LogP contribution in [0.4, 0.5) is 10.1 Å². The van der Waals surface area contributed by atoms with Crippen LogP contribution in [-0.4, -0.2) is 34.5 Å². The van der Waals surface area contributed by atoms with E-state index in [0.29, 0.717) is 5.69 Å². The summed E-state index contributed by atoms with van der Waals surface area (Å²) >= 11 is 0. The Morgan fingerprint density at radius 1 is 1.19 bits per heavy atom. The number of carbonyl (C=O) groups excluding carboxylic acids is 1. The van der Waals surface area contributed by atoms with Crippen LogP contribution in [0.25, 0.3) is 0 Å². The minimum absolute atomic E-state index is 0.0639. The molecule has 2 aromatic carbocycles. The number of rotatable bonds is 6. The number of ether oxygens (including phenoxy) is 1. The smallest absolute Gasteiger partial charge is 0.258 e. The maximum atomic E-state index is 13.1. The molecule has 0 bridgehead atoms. The molecule has 3 rings (SSSR count). The summed E-state index contributed by atoms with van der Waals surface area (Å²) in [5.41, 5.74) is 0.682. The van der Waals surface area contributed by atoms with Crippen LogP contribution in [0.2, 0.25) is 0 Å². The van der Waals surface area contributed by atoms with Crippen LogP contribution in [0.3, 0.4) is 0 Å². The van der Waals surface area contributed by atoms with Crippen molar-refractivity contribution in [2.24, 2.45) is 0 Å². The Hall–Kier alpha value is -2.45. The molecule has 138 valence electrons. The lowest BCUT2D eigenvalue weighted by molar-refractivity contribution is 0.0992. The number of hydrogen-bond acceptors (Lipinski definition) is 4. The fourth-order valence-electron chi connectivity index (χ4n) is 2.48. The van der Waals surface area contributed by atoms with E-state index in [1.165, 1.54) is 61.5 Å². The van der Waals surface area contributed by atoms with Crippen molar-refractivity contribution in [2.45, 2.75) is 23.8 Å². The highest BCUT2D eigenvalue weighted by molar-refractivity contribution is 7.89. The van der Waals surface area contributed by atoms with E-state index in [-0.39, 0.29) is 22.3 Å². The molecule has 1 saturated carbocycles. The lowest BCUT2D eigenvalue weighted by Crippen LogP contribution is -2.28. The molecule has 0 atom stereocenters. The van der Waals surface area contributed by atoms with E-state index in [1.807, 2.05) is 0 Å². The molecule has 0 aromatic heterocycles. The second-order valence-corrected chi connectivity index (χ2v) is 7.78. The largest absolute Gasteiger partial charge is 0.495 e. The molecule has 1 aliphatic carbocycles. The Balaban J connectivity index is 1.93. The second-order valence-electron chi connectivity index (χ2n) is 6.10. The van der Waals surface area contributed by atoms with Crippen LogP contribution in [0.15, 0.2) is 47.4 Å². The summed E-state index contributed by atoms with van der Waals surface area (Å²) in [5, 5.41) is 0. The first-order valence-electron chi connectivity index (χ1n) is 8.06. The molecular weight excluding hydrogens is 359 g/mol.